The van der Waals surface area contributed by atoms with Crippen molar-refractivity contribution < 1.29 is 0 Å². The van der Waals surface area contributed by atoms with Crippen LogP contribution in [0.1, 0.15) is 57.2 Å². The van der Waals surface area contributed by atoms with Gasteiger partial charge in [-0.05, 0) is 32.3 Å². The van der Waals surface area contributed by atoms with Crippen molar-refractivity contribution in [3.8, 4) is 0 Å². The van der Waals surface area contributed by atoms with Gasteiger partial charge in [0.25, 0.3) is 0 Å². The maximum Gasteiger partial charge on any atom is 0.00728 e. The molecule has 0 amide bonds. The highest BCUT2D eigenvalue weighted by molar-refractivity contribution is 5.34. The summed E-state index contributed by atoms with van der Waals surface area (Å²) >= 11 is 0. The first kappa shape index (κ1) is 15.2. The van der Waals surface area contributed by atoms with Crippen LogP contribution in [0, 0.1) is 13.8 Å². The molecule has 0 saturated carbocycles. The lowest BCUT2D eigenvalue weighted by Crippen LogP contribution is -2.40. The van der Waals surface area contributed by atoms with Gasteiger partial charge < -0.3 is 5.32 Å². The topological polar surface area (TPSA) is 12.0 Å². The van der Waals surface area contributed by atoms with Crippen molar-refractivity contribution in [2.45, 2.75) is 65.8 Å². The molecule has 1 nitrogen and oxygen atoms in total. The molecular formula is C17H29N. The third-order valence-electron chi connectivity index (χ3n) is 4.04. The Morgan fingerprint density at radius 3 is 1.89 bits per heavy atom. The van der Waals surface area contributed by atoms with E-state index in [9.17, 15) is 0 Å². The molecule has 0 aliphatic heterocycles. The van der Waals surface area contributed by atoms with Crippen LogP contribution in [-0.2, 0) is 5.41 Å². The number of aryl methyl sites for hydroxylation is 2. The van der Waals surface area contributed by atoms with Crippen molar-refractivity contribution in [1.29, 1.82) is 0 Å². The summed E-state index contributed by atoms with van der Waals surface area (Å²) in [4.78, 5) is 0. The Morgan fingerprint density at radius 1 is 1.00 bits per heavy atom. The number of nitrogens with one attached hydrogen (secondary N) is 1. The predicted octanol–water partition coefficient (Wildman–Crippen LogP) is 4.36. The van der Waals surface area contributed by atoms with Crippen molar-refractivity contribution in [3.63, 3.8) is 0 Å². The first-order chi connectivity index (χ1) is 8.43. The van der Waals surface area contributed by atoms with E-state index in [1.165, 1.54) is 29.5 Å². The molecule has 102 valence electrons. The highest BCUT2D eigenvalue weighted by Crippen LogP contribution is 2.32. The molecule has 1 aromatic carbocycles. The summed E-state index contributed by atoms with van der Waals surface area (Å²) in [5, 5.41) is 3.63. The molecule has 1 rings (SSSR count). The fraction of sp³-hybridized carbons (Fsp3) is 0.647. The van der Waals surface area contributed by atoms with Crippen LogP contribution in [0.2, 0.25) is 0 Å². The van der Waals surface area contributed by atoms with Crippen LogP contribution < -0.4 is 5.32 Å². The van der Waals surface area contributed by atoms with E-state index in [0.717, 1.165) is 6.54 Å². The lowest BCUT2D eigenvalue weighted by atomic mass is 9.75. The van der Waals surface area contributed by atoms with E-state index in [2.05, 4.69) is 65.1 Å². The average molecular weight is 247 g/mol. The Balaban J connectivity index is 3.08. The second-order valence-electron chi connectivity index (χ2n) is 5.90. The molecule has 0 aliphatic rings. The average Bonchev–Trinajstić information content (AvgIpc) is 2.29. The van der Waals surface area contributed by atoms with Crippen LogP contribution >= 0.6 is 0 Å². The fourth-order valence-electron chi connectivity index (χ4n) is 2.69. The number of hydrogen-bond acceptors (Lipinski definition) is 1. The summed E-state index contributed by atoms with van der Waals surface area (Å²) in [5.41, 5.74) is 4.53. The highest BCUT2D eigenvalue weighted by atomic mass is 14.9. The summed E-state index contributed by atoms with van der Waals surface area (Å²) < 4.78 is 0. The van der Waals surface area contributed by atoms with Crippen LogP contribution in [0.25, 0.3) is 0 Å². The van der Waals surface area contributed by atoms with Crippen LogP contribution in [0.5, 0.6) is 0 Å². The Hall–Kier alpha value is -0.820. The van der Waals surface area contributed by atoms with Crippen molar-refractivity contribution in [1.82, 2.24) is 5.32 Å². The first-order valence-electron chi connectivity index (χ1n) is 7.25. The van der Waals surface area contributed by atoms with Gasteiger partial charge in [-0.1, -0.05) is 57.0 Å². The standard InChI is InChI=1S/C17H29N/c1-7-17(8-2,12-18-13(3)4)16-10-14(5)9-15(6)11-16/h9-11,13,18H,7-8,12H2,1-6H3. The molecule has 0 fully saturated rings. The maximum absolute atomic E-state index is 3.63. The van der Waals surface area contributed by atoms with Gasteiger partial charge in [0.15, 0.2) is 0 Å². The second-order valence-corrected chi connectivity index (χ2v) is 5.90. The second kappa shape index (κ2) is 6.38. The smallest absolute Gasteiger partial charge is 0.00728 e. The molecule has 0 aliphatic carbocycles. The van der Waals surface area contributed by atoms with E-state index < -0.39 is 0 Å². The van der Waals surface area contributed by atoms with Gasteiger partial charge in [0.2, 0.25) is 0 Å². The monoisotopic (exact) mass is 247 g/mol. The zero-order chi connectivity index (χ0) is 13.8. The van der Waals surface area contributed by atoms with Gasteiger partial charge in [-0.2, -0.15) is 0 Å². The molecule has 0 aromatic heterocycles. The summed E-state index contributed by atoms with van der Waals surface area (Å²) in [5.74, 6) is 0. The summed E-state index contributed by atoms with van der Waals surface area (Å²) in [6.45, 7) is 14.5. The van der Waals surface area contributed by atoms with Gasteiger partial charge in [0.05, 0.1) is 0 Å². The van der Waals surface area contributed by atoms with Crippen LogP contribution in [-0.4, -0.2) is 12.6 Å². The SMILES string of the molecule is CCC(CC)(CNC(C)C)c1cc(C)cc(C)c1. The fourth-order valence-corrected chi connectivity index (χ4v) is 2.69. The van der Waals surface area contributed by atoms with Gasteiger partial charge in [0, 0.05) is 18.0 Å². The Kier molecular flexibility index (Phi) is 5.40. The quantitative estimate of drug-likeness (QED) is 0.787. The van der Waals surface area contributed by atoms with Gasteiger partial charge in [-0.25, -0.2) is 0 Å². The molecule has 0 bridgehead atoms. The number of rotatable bonds is 6. The molecule has 0 spiro atoms. The molecule has 0 heterocycles. The summed E-state index contributed by atoms with van der Waals surface area (Å²) in [6, 6.07) is 7.54. The van der Waals surface area contributed by atoms with Crippen molar-refractivity contribution in [3.05, 3.63) is 34.9 Å². The van der Waals surface area contributed by atoms with E-state index in [4.69, 9.17) is 0 Å². The third-order valence-corrected chi connectivity index (χ3v) is 4.04. The summed E-state index contributed by atoms with van der Waals surface area (Å²) in [7, 11) is 0. The third kappa shape index (κ3) is 3.58. The highest BCUT2D eigenvalue weighted by Gasteiger charge is 2.28. The first-order valence-corrected chi connectivity index (χ1v) is 7.25. The van der Waals surface area contributed by atoms with Crippen molar-refractivity contribution in [2.75, 3.05) is 6.54 Å². The number of benzene rings is 1. The van der Waals surface area contributed by atoms with E-state index in [1.807, 2.05) is 0 Å². The molecule has 1 aromatic rings. The minimum absolute atomic E-state index is 0.279. The van der Waals surface area contributed by atoms with E-state index in [1.54, 1.807) is 0 Å². The normalized spacial score (nSPS) is 12.2. The minimum Gasteiger partial charge on any atom is -0.314 e. The molecule has 18 heavy (non-hydrogen) atoms. The zero-order valence-corrected chi connectivity index (χ0v) is 12.9. The minimum atomic E-state index is 0.279. The van der Waals surface area contributed by atoms with E-state index in [-0.39, 0.29) is 5.41 Å². The van der Waals surface area contributed by atoms with Crippen molar-refractivity contribution >= 4 is 0 Å². The molecule has 0 unspecified atom stereocenters. The Morgan fingerprint density at radius 2 is 1.50 bits per heavy atom. The molecule has 1 N–H and O–H groups in total. The molecule has 0 atom stereocenters. The van der Waals surface area contributed by atoms with Crippen LogP contribution in [0.15, 0.2) is 18.2 Å². The Labute approximate surface area is 113 Å². The van der Waals surface area contributed by atoms with Crippen LogP contribution in [0.3, 0.4) is 0 Å². The lowest BCUT2D eigenvalue weighted by molar-refractivity contribution is 0.354. The van der Waals surface area contributed by atoms with Crippen molar-refractivity contribution in [2.24, 2.45) is 0 Å². The molecular weight excluding hydrogens is 218 g/mol. The predicted molar refractivity (Wildman–Crippen MR) is 81.3 cm³/mol. The summed E-state index contributed by atoms with van der Waals surface area (Å²) in [6.07, 6.45) is 2.37. The maximum atomic E-state index is 3.63. The molecule has 0 saturated heterocycles. The van der Waals surface area contributed by atoms with E-state index in [0.29, 0.717) is 6.04 Å². The van der Waals surface area contributed by atoms with Crippen LogP contribution in [0.4, 0.5) is 0 Å². The Bertz CT molecular complexity index is 355. The number of hydrogen-bond donors (Lipinski definition) is 1. The van der Waals surface area contributed by atoms with Gasteiger partial charge in [0.1, 0.15) is 0 Å². The van der Waals surface area contributed by atoms with Gasteiger partial charge in [-0.15, -0.1) is 0 Å². The van der Waals surface area contributed by atoms with Gasteiger partial charge >= 0.3 is 0 Å². The zero-order valence-electron chi connectivity index (χ0n) is 12.9. The molecule has 0 radical (unpaired) electrons. The van der Waals surface area contributed by atoms with Gasteiger partial charge in [-0.3, -0.25) is 0 Å². The largest absolute Gasteiger partial charge is 0.314 e. The lowest BCUT2D eigenvalue weighted by Gasteiger charge is -2.34. The molecule has 1 heteroatoms. The van der Waals surface area contributed by atoms with E-state index >= 15 is 0 Å².